The topological polar surface area (TPSA) is 87.9 Å². The third kappa shape index (κ3) is 2.88. The Bertz CT molecular complexity index is 794. The van der Waals surface area contributed by atoms with Crippen LogP contribution in [0.3, 0.4) is 0 Å². The summed E-state index contributed by atoms with van der Waals surface area (Å²) in [5, 5.41) is 14.0. The molecule has 2 heterocycles. The first kappa shape index (κ1) is 15.4. The fourth-order valence-electron chi connectivity index (χ4n) is 3.13. The number of carbonyl (C=O) groups is 1. The number of carbonyl (C=O) groups excluding carboxylic acids is 1. The van der Waals surface area contributed by atoms with Crippen LogP contribution in [0, 0.1) is 17.2 Å². The second-order valence-electron chi connectivity index (χ2n) is 5.74. The maximum atomic E-state index is 11.9. The molecule has 0 saturated carbocycles. The van der Waals surface area contributed by atoms with Crippen molar-refractivity contribution in [3.63, 3.8) is 0 Å². The molecule has 1 amide bonds. The number of benzene rings is 1. The molecule has 1 aromatic heterocycles. The van der Waals surface area contributed by atoms with Crippen LogP contribution in [-0.4, -0.2) is 28.8 Å². The lowest BCUT2D eigenvalue weighted by Gasteiger charge is -2.19. The highest BCUT2D eigenvalue weighted by Gasteiger charge is 2.38. The Morgan fingerprint density at radius 1 is 1.48 bits per heavy atom. The van der Waals surface area contributed by atoms with E-state index in [0.29, 0.717) is 23.7 Å². The van der Waals surface area contributed by atoms with Crippen LogP contribution in [0.15, 0.2) is 30.6 Å². The van der Waals surface area contributed by atoms with Crippen LogP contribution in [-0.2, 0) is 11.8 Å². The van der Waals surface area contributed by atoms with Crippen LogP contribution < -0.4 is 10.6 Å². The molecule has 2 aromatic rings. The van der Waals surface area contributed by atoms with E-state index in [4.69, 9.17) is 17.3 Å². The second-order valence-corrected chi connectivity index (χ2v) is 6.18. The largest absolute Gasteiger partial charge is 0.369 e. The summed E-state index contributed by atoms with van der Waals surface area (Å²) in [6.45, 7) is 1.08. The number of nitrogens with two attached hydrogens (primary N) is 1. The zero-order chi connectivity index (χ0) is 16.6. The zero-order valence-corrected chi connectivity index (χ0v) is 13.4. The lowest BCUT2D eigenvalue weighted by atomic mass is 9.90. The van der Waals surface area contributed by atoms with E-state index in [1.807, 2.05) is 24.2 Å². The molecule has 2 atom stereocenters. The van der Waals surface area contributed by atoms with Crippen molar-refractivity contribution in [2.75, 3.05) is 18.0 Å². The number of primary amides is 1. The first-order valence-electron chi connectivity index (χ1n) is 7.22. The van der Waals surface area contributed by atoms with Gasteiger partial charge in [-0.1, -0.05) is 11.6 Å². The number of amides is 1. The number of hydrogen-bond donors (Lipinski definition) is 1. The van der Waals surface area contributed by atoms with Gasteiger partial charge in [-0.05, 0) is 23.8 Å². The van der Waals surface area contributed by atoms with Crippen LogP contribution in [0.4, 0.5) is 5.69 Å². The fraction of sp³-hybridized carbons (Fsp3) is 0.312. The quantitative estimate of drug-likeness (QED) is 0.927. The van der Waals surface area contributed by atoms with Crippen LogP contribution in [0.1, 0.15) is 17.0 Å². The van der Waals surface area contributed by atoms with E-state index in [2.05, 4.69) is 11.2 Å². The fourth-order valence-corrected chi connectivity index (χ4v) is 3.30. The Hall–Kier alpha value is -2.52. The highest BCUT2D eigenvalue weighted by molar-refractivity contribution is 6.30. The molecule has 1 fully saturated rings. The van der Waals surface area contributed by atoms with Crippen molar-refractivity contribution in [3.8, 4) is 6.07 Å². The summed E-state index contributed by atoms with van der Waals surface area (Å²) >= 11 is 5.95. The normalized spacial score (nSPS) is 20.5. The van der Waals surface area contributed by atoms with Crippen molar-refractivity contribution in [2.45, 2.75) is 5.92 Å². The number of halogens is 1. The van der Waals surface area contributed by atoms with Crippen LogP contribution in [0.5, 0.6) is 0 Å². The van der Waals surface area contributed by atoms with E-state index in [1.165, 1.54) is 0 Å². The molecule has 2 N–H and O–H groups in total. The summed E-state index contributed by atoms with van der Waals surface area (Å²) in [4.78, 5) is 13.9. The minimum absolute atomic E-state index is 0.0385. The van der Waals surface area contributed by atoms with Crippen molar-refractivity contribution >= 4 is 23.2 Å². The summed E-state index contributed by atoms with van der Waals surface area (Å²) in [5.74, 6) is -0.696. The Labute approximate surface area is 139 Å². The Balaban J connectivity index is 1.95. The smallest absolute Gasteiger partial charge is 0.223 e. The molecule has 1 aliphatic rings. The van der Waals surface area contributed by atoms with Gasteiger partial charge in [0.15, 0.2) is 0 Å². The van der Waals surface area contributed by atoms with Gasteiger partial charge in [-0.15, -0.1) is 0 Å². The molecule has 0 bridgehead atoms. The highest BCUT2D eigenvalue weighted by Crippen LogP contribution is 2.36. The van der Waals surface area contributed by atoms with Gasteiger partial charge in [0.05, 0.1) is 23.4 Å². The Morgan fingerprint density at radius 3 is 2.87 bits per heavy atom. The standard InChI is InChI=1S/C16H16ClN5O/c1-21-7-11(6-20-21)13-8-22(9-14(13)16(19)23)15-3-2-12(17)4-10(15)5-18/h2-4,6-7,13-14H,8-9H2,1H3,(H2,19,23)/t13-,14+/m1/s1. The molecular weight excluding hydrogens is 314 g/mol. The molecule has 3 rings (SSSR count). The average molecular weight is 330 g/mol. The monoisotopic (exact) mass is 329 g/mol. The maximum Gasteiger partial charge on any atom is 0.223 e. The first-order chi connectivity index (χ1) is 11.0. The van der Waals surface area contributed by atoms with Crippen molar-refractivity contribution in [3.05, 3.63) is 46.7 Å². The first-order valence-corrected chi connectivity index (χ1v) is 7.60. The number of nitriles is 1. The molecular formula is C16H16ClN5O. The number of aryl methyl sites for hydroxylation is 1. The zero-order valence-electron chi connectivity index (χ0n) is 12.6. The summed E-state index contributed by atoms with van der Waals surface area (Å²) in [6.07, 6.45) is 3.66. The molecule has 1 aliphatic heterocycles. The lowest BCUT2D eigenvalue weighted by molar-refractivity contribution is -0.121. The summed E-state index contributed by atoms with van der Waals surface area (Å²) in [7, 11) is 1.84. The van der Waals surface area contributed by atoms with Gasteiger partial charge in [0.2, 0.25) is 5.91 Å². The average Bonchev–Trinajstić information content (AvgIpc) is 3.13. The molecule has 0 spiro atoms. The van der Waals surface area contributed by atoms with E-state index in [-0.39, 0.29) is 17.7 Å². The minimum Gasteiger partial charge on any atom is -0.369 e. The molecule has 7 heteroatoms. The van der Waals surface area contributed by atoms with Crippen molar-refractivity contribution < 1.29 is 4.79 Å². The molecule has 6 nitrogen and oxygen atoms in total. The van der Waals surface area contributed by atoms with E-state index >= 15 is 0 Å². The number of aromatic nitrogens is 2. The molecule has 0 radical (unpaired) electrons. The van der Waals surface area contributed by atoms with E-state index in [1.54, 1.807) is 23.0 Å². The van der Waals surface area contributed by atoms with Gasteiger partial charge in [-0.3, -0.25) is 9.48 Å². The van der Waals surface area contributed by atoms with Gasteiger partial charge < -0.3 is 10.6 Å². The number of nitrogens with zero attached hydrogens (tertiary/aromatic N) is 4. The van der Waals surface area contributed by atoms with E-state index in [0.717, 1.165) is 11.3 Å². The predicted molar refractivity (Wildman–Crippen MR) is 87.0 cm³/mol. The summed E-state index contributed by atoms with van der Waals surface area (Å²) in [6, 6.07) is 7.34. The third-order valence-electron chi connectivity index (χ3n) is 4.26. The van der Waals surface area contributed by atoms with Gasteiger partial charge in [0.25, 0.3) is 0 Å². The van der Waals surface area contributed by atoms with E-state index < -0.39 is 0 Å². The molecule has 0 unspecified atom stereocenters. The van der Waals surface area contributed by atoms with Gasteiger partial charge >= 0.3 is 0 Å². The van der Waals surface area contributed by atoms with Gasteiger partial charge in [0, 0.05) is 37.3 Å². The maximum absolute atomic E-state index is 11.9. The number of rotatable bonds is 3. The Morgan fingerprint density at radius 2 is 2.26 bits per heavy atom. The predicted octanol–water partition coefficient (Wildman–Crippen LogP) is 1.65. The SMILES string of the molecule is Cn1cc([C@H]2CN(c3ccc(Cl)cc3C#N)C[C@@H]2C(N)=O)cn1. The van der Waals surface area contributed by atoms with Crippen molar-refractivity contribution in [1.82, 2.24) is 9.78 Å². The Kier molecular flexibility index (Phi) is 3.97. The second kappa shape index (κ2) is 5.94. The lowest BCUT2D eigenvalue weighted by Crippen LogP contribution is -2.29. The van der Waals surface area contributed by atoms with Crippen LogP contribution in [0.2, 0.25) is 5.02 Å². The van der Waals surface area contributed by atoms with Gasteiger partial charge in [-0.2, -0.15) is 10.4 Å². The molecule has 1 saturated heterocycles. The summed E-state index contributed by atoms with van der Waals surface area (Å²) in [5.41, 5.74) is 7.83. The summed E-state index contributed by atoms with van der Waals surface area (Å²) < 4.78 is 1.71. The van der Waals surface area contributed by atoms with Crippen LogP contribution >= 0.6 is 11.6 Å². The van der Waals surface area contributed by atoms with Crippen LogP contribution in [0.25, 0.3) is 0 Å². The third-order valence-corrected chi connectivity index (χ3v) is 4.49. The highest BCUT2D eigenvalue weighted by atomic mass is 35.5. The van der Waals surface area contributed by atoms with Crippen molar-refractivity contribution in [1.29, 1.82) is 5.26 Å². The molecule has 0 aliphatic carbocycles. The minimum atomic E-state index is -0.339. The van der Waals surface area contributed by atoms with Crippen molar-refractivity contribution in [2.24, 2.45) is 18.7 Å². The molecule has 23 heavy (non-hydrogen) atoms. The molecule has 1 aromatic carbocycles. The number of anilines is 1. The van der Waals surface area contributed by atoms with Gasteiger partial charge in [-0.25, -0.2) is 0 Å². The van der Waals surface area contributed by atoms with Gasteiger partial charge in [0.1, 0.15) is 6.07 Å². The molecule has 118 valence electrons. The van der Waals surface area contributed by atoms with E-state index in [9.17, 15) is 10.1 Å². The number of hydrogen-bond acceptors (Lipinski definition) is 4.